The SMILES string of the molecule is NOOSc1ccc(NC(=S)NC(CCCCN(CC2=NCC=[N+]2CC(=O)O)Cc2nccn2CC(=O)O)C(=O)O)cc1.[C-]#[O+].[C-]#[O+].[C-]#[O+].[Re]. The molecule has 0 aliphatic carbocycles. The van der Waals surface area contributed by atoms with Crippen LogP contribution >= 0.6 is 24.3 Å². The number of nitrogens with two attached hydrogens (primary N) is 1. The number of unbranched alkanes of at least 4 members (excludes halogenated alkanes) is 1. The molecule has 1 atom stereocenters. The smallest absolute Gasteiger partial charge is 0 e. The molecule has 269 valence electrons. The summed E-state index contributed by atoms with van der Waals surface area (Å²) in [5.41, 5.74) is 0.639. The number of aromatic nitrogens is 2. The Bertz CT molecular complexity index is 1470. The fourth-order valence-corrected chi connectivity index (χ4v) is 4.82. The van der Waals surface area contributed by atoms with E-state index in [1.165, 1.54) is 10.8 Å². The fraction of sp³-hybridized carbons (Fsp3) is 0.357. The second kappa shape index (κ2) is 28.7. The van der Waals surface area contributed by atoms with Crippen molar-refractivity contribution in [2.45, 2.75) is 43.3 Å². The van der Waals surface area contributed by atoms with E-state index in [1.807, 2.05) is 4.90 Å². The van der Waals surface area contributed by atoms with Crippen LogP contribution < -0.4 is 16.5 Å². The van der Waals surface area contributed by atoms with E-state index in [4.69, 9.17) is 32.1 Å². The van der Waals surface area contributed by atoms with Gasteiger partial charge < -0.3 is 30.5 Å². The number of thiocarbonyl (C=S) groups is 1. The van der Waals surface area contributed by atoms with Crippen molar-refractivity contribution in [3.05, 3.63) is 62.4 Å². The maximum atomic E-state index is 11.9. The van der Waals surface area contributed by atoms with Gasteiger partial charge in [0.25, 0.3) is 0 Å². The van der Waals surface area contributed by atoms with Gasteiger partial charge in [-0.25, -0.2) is 19.1 Å². The van der Waals surface area contributed by atoms with Crippen molar-refractivity contribution in [1.29, 1.82) is 0 Å². The number of anilines is 1. The Labute approximate surface area is 309 Å². The van der Waals surface area contributed by atoms with E-state index in [2.05, 4.69) is 49.9 Å². The summed E-state index contributed by atoms with van der Waals surface area (Å²) in [5, 5.41) is 34.1. The molecule has 50 heavy (non-hydrogen) atoms. The van der Waals surface area contributed by atoms with Gasteiger partial charge in [-0.1, -0.05) is 4.99 Å². The summed E-state index contributed by atoms with van der Waals surface area (Å²) in [5.74, 6) is 2.88. The number of imidazole rings is 1. The molecule has 1 radical (unpaired) electrons. The summed E-state index contributed by atoms with van der Waals surface area (Å²) in [6.45, 7) is 14.5. The molecule has 0 amide bonds. The van der Waals surface area contributed by atoms with E-state index >= 15 is 0 Å². The summed E-state index contributed by atoms with van der Waals surface area (Å²) in [6.07, 6.45) is 6.20. The number of amidine groups is 1. The fourth-order valence-electron chi connectivity index (χ4n) is 4.20. The van der Waals surface area contributed by atoms with Crippen LogP contribution in [0.25, 0.3) is 0 Å². The van der Waals surface area contributed by atoms with Crippen LogP contribution in [0.3, 0.4) is 0 Å². The number of benzene rings is 1. The van der Waals surface area contributed by atoms with E-state index in [0.717, 1.165) is 16.9 Å². The van der Waals surface area contributed by atoms with Gasteiger partial charge in [0.15, 0.2) is 18.2 Å². The topological polar surface area (TPSA) is 277 Å². The first-order valence-electron chi connectivity index (χ1n) is 13.7. The van der Waals surface area contributed by atoms with Gasteiger partial charge in [0, 0.05) is 43.4 Å². The quantitative estimate of drug-likeness (QED) is 0.0165. The summed E-state index contributed by atoms with van der Waals surface area (Å²) >= 11 is 6.23. The minimum atomic E-state index is -1.05. The Kier molecular flexibility index (Phi) is 27.6. The van der Waals surface area contributed by atoms with Crippen molar-refractivity contribution in [1.82, 2.24) is 19.8 Å². The average molecular weight is 908 g/mol. The van der Waals surface area contributed by atoms with E-state index in [1.54, 1.807) is 41.3 Å². The van der Waals surface area contributed by atoms with Crippen molar-refractivity contribution in [2.75, 3.05) is 31.5 Å². The summed E-state index contributed by atoms with van der Waals surface area (Å²) in [7, 11) is 0. The Morgan fingerprint density at radius 2 is 1.74 bits per heavy atom. The van der Waals surface area contributed by atoms with Crippen LogP contribution in [0.15, 0.2) is 46.5 Å². The molecule has 1 aromatic heterocycles. The van der Waals surface area contributed by atoms with Gasteiger partial charge >= 0.3 is 57.7 Å². The van der Waals surface area contributed by atoms with Crippen LogP contribution in [-0.4, -0.2) is 102 Å². The minimum Gasteiger partial charge on any atom is 0 e. The monoisotopic (exact) mass is 908 g/mol. The first-order chi connectivity index (χ1) is 23.6. The van der Waals surface area contributed by atoms with Gasteiger partial charge in [-0.2, -0.15) is 5.90 Å². The number of nitrogens with one attached hydrogen (secondary N) is 2. The Hall–Kier alpha value is -4.06. The van der Waals surface area contributed by atoms with Crippen LogP contribution in [0, 0.1) is 20.0 Å². The zero-order chi connectivity index (χ0) is 37.2. The van der Waals surface area contributed by atoms with Crippen molar-refractivity contribution in [3.8, 4) is 0 Å². The van der Waals surface area contributed by atoms with Crippen LogP contribution in [-0.2, 0) is 71.2 Å². The van der Waals surface area contributed by atoms with Crippen molar-refractivity contribution >= 4 is 65.0 Å². The number of aliphatic imine (C=N–C) groups is 1. The third-order valence-corrected chi connectivity index (χ3v) is 6.98. The second-order valence-electron chi connectivity index (χ2n) is 9.29. The molecule has 22 heteroatoms. The standard InChI is InChI=1S/C25H32N8O8S2.3CO.Re/c26-40-41-43-18-6-4-17(5-7-18)29-25(42)30-19(24(38)39)3-1-2-10-31(13-20-27-8-11-32(20)15-22(34)35)14-21-28-9-12-33(21)16-23(36)37;3*1-2;/h4-8,11-12,19H,1-3,9-10,13-16,26H2,(H4-,29,30,34,35,36,37,38,39,42);;;;/p+1. The van der Waals surface area contributed by atoms with Gasteiger partial charge in [0.1, 0.15) is 31.2 Å². The van der Waals surface area contributed by atoms with Gasteiger partial charge in [0.05, 0.1) is 18.6 Å². The number of carboxylic acids is 3. The van der Waals surface area contributed by atoms with Gasteiger partial charge in [-0.05, 0) is 62.3 Å². The molecule has 7 N–H and O–H groups in total. The summed E-state index contributed by atoms with van der Waals surface area (Å²) in [6, 6.07) is 5.99. The molecule has 0 bridgehead atoms. The summed E-state index contributed by atoms with van der Waals surface area (Å²) < 4.78 is 30.2. The van der Waals surface area contributed by atoms with Crippen LogP contribution in [0.2, 0.25) is 0 Å². The third-order valence-electron chi connectivity index (χ3n) is 6.15. The molecule has 0 spiro atoms. The normalized spacial score (nSPS) is 11.6. The molecule has 1 aliphatic heterocycles. The maximum Gasteiger partial charge on any atom is 0 e. The molecule has 1 unspecified atom stereocenters. The largest absolute Gasteiger partial charge is 0 e. The van der Waals surface area contributed by atoms with Gasteiger partial charge in [-0.15, -0.1) is 9.32 Å². The zero-order valence-electron chi connectivity index (χ0n) is 26.1. The van der Waals surface area contributed by atoms with Crippen LogP contribution in [0.1, 0.15) is 25.1 Å². The van der Waals surface area contributed by atoms with Crippen LogP contribution in [0.4, 0.5) is 5.69 Å². The van der Waals surface area contributed by atoms with Gasteiger partial charge in [0.2, 0.25) is 0 Å². The number of rotatable bonds is 19. The first kappa shape index (κ1) is 48.1. The second-order valence-corrected chi connectivity index (χ2v) is 10.5. The molecular formula is C28H33N8O11ReS2+. The van der Waals surface area contributed by atoms with Gasteiger partial charge in [-0.3, -0.25) is 9.69 Å². The predicted molar refractivity (Wildman–Crippen MR) is 171 cm³/mol. The molecule has 2 heterocycles. The first-order valence-corrected chi connectivity index (χ1v) is 14.8. The number of hydrogen-bond acceptors (Lipinski definition) is 11. The number of carboxylic acid groups (broad SMARTS) is 3. The molecule has 0 saturated heterocycles. The van der Waals surface area contributed by atoms with E-state index in [-0.39, 0.29) is 51.6 Å². The van der Waals surface area contributed by atoms with E-state index in [0.29, 0.717) is 49.8 Å². The number of aliphatic carboxylic acids is 3. The molecule has 19 nitrogen and oxygen atoms in total. The molecule has 1 aliphatic rings. The molecule has 2 aromatic rings. The molecule has 3 rings (SSSR count). The predicted octanol–water partition coefficient (Wildman–Crippen LogP) is 0.674. The van der Waals surface area contributed by atoms with E-state index in [9.17, 15) is 29.7 Å². The molecular weight excluding hydrogens is 875 g/mol. The minimum absolute atomic E-state index is 0. The number of nitrogens with zero attached hydrogens (tertiary/aromatic N) is 5. The zero-order valence-corrected chi connectivity index (χ0v) is 30.4. The van der Waals surface area contributed by atoms with Crippen molar-refractivity contribution in [3.63, 3.8) is 0 Å². The number of carbonyl (C=O) groups is 3. The van der Waals surface area contributed by atoms with E-state index < -0.39 is 23.9 Å². The Morgan fingerprint density at radius 1 is 1.08 bits per heavy atom. The average Bonchev–Trinajstić information content (AvgIpc) is 3.72. The maximum absolute atomic E-state index is 11.9. The van der Waals surface area contributed by atoms with Crippen molar-refractivity contribution < 1.29 is 78.0 Å². The molecule has 0 fully saturated rings. The molecule has 0 saturated carbocycles. The number of hydrogen-bond donors (Lipinski definition) is 6. The third kappa shape index (κ3) is 19.2. The van der Waals surface area contributed by atoms with Crippen LogP contribution in [0.5, 0.6) is 0 Å². The Balaban J connectivity index is 0. The summed E-state index contributed by atoms with van der Waals surface area (Å²) in [4.78, 5) is 49.9. The Morgan fingerprint density at radius 3 is 2.32 bits per heavy atom. The van der Waals surface area contributed by atoms with Crippen molar-refractivity contribution in [2.24, 2.45) is 10.9 Å². The molecule has 1 aromatic carbocycles.